The molecule has 0 bridgehead atoms. The Morgan fingerprint density at radius 2 is 2.00 bits per heavy atom. The Bertz CT molecular complexity index is 1100. The molecule has 0 aliphatic carbocycles. The van der Waals surface area contributed by atoms with E-state index >= 15 is 0 Å². The number of imidazole rings is 1. The molecular weight excluding hydrogens is 454 g/mol. The molecule has 1 fully saturated rings. The molecule has 8 N–H and O–H groups in total. The number of hydrogen-bond acceptors (Lipinski definition) is 13. The van der Waals surface area contributed by atoms with Gasteiger partial charge in [0.15, 0.2) is 28.3 Å². The molecule has 3 heterocycles. The molecule has 1 saturated heterocycles. The largest absolute Gasteiger partial charge is 0.481 e. The minimum absolute atomic E-state index is 0.0142. The molecule has 0 radical (unpaired) electrons. The Kier molecular flexibility index (Phi) is 6.10. The van der Waals surface area contributed by atoms with Gasteiger partial charge in [0.1, 0.15) is 30.2 Å². The van der Waals surface area contributed by atoms with Crippen LogP contribution in [-0.2, 0) is 22.7 Å². The maximum absolute atomic E-state index is 11.6. The van der Waals surface area contributed by atoms with E-state index < -0.39 is 46.8 Å². The predicted molar refractivity (Wildman–Crippen MR) is 91.5 cm³/mol. The third kappa shape index (κ3) is 4.59. The average Bonchev–Trinajstić information content (AvgIpc) is 3.11. The minimum atomic E-state index is -5.34. The number of aliphatic hydroxyl groups is 2. The van der Waals surface area contributed by atoms with E-state index in [1.54, 1.807) is 0 Å². The van der Waals surface area contributed by atoms with Gasteiger partial charge in [-0.1, -0.05) is 0 Å². The van der Waals surface area contributed by atoms with E-state index in [0.717, 1.165) is 10.9 Å². The van der Waals surface area contributed by atoms with E-state index in [1.807, 2.05) is 0 Å². The smallest absolute Gasteiger partial charge is 0.387 e. The summed E-state index contributed by atoms with van der Waals surface area (Å²) in [5, 5.41) is 24.0. The fourth-order valence-electron chi connectivity index (χ4n) is 2.67. The number of rotatable bonds is 7. The number of phosphoric acid groups is 2. The summed E-state index contributed by atoms with van der Waals surface area (Å²) in [4.78, 5) is 41.1. The number of nitrogens with zero attached hydrogens (tertiary/aromatic N) is 6. The highest BCUT2D eigenvalue weighted by molar-refractivity contribution is 7.60. The summed E-state index contributed by atoms with van der Waals surface area (Å²) in [6.07, 6.45) is -5.18. The molecule has 0 aromatic carbocycles. The number of ether oxygens (including phenoxy) is 1. The molecule has 5 unspecified atom stereocenters. The highest BCUT2D eigenvalue weighted by Gasteiger charge is 2.47. The first-order valence-electron chi connectivity index (χ1n) is 7.75. The number of fused-ring (bicyclic) bond motifs is 1. The monoisotopic (exact) mass is 469 g/mol. The van der Waals surface area contributed by atoms with Crippen LogP contribution in [0.25, 0.3) is 11.2 Å². The number of hydrogen-bond donors (Lipinski definition) is 7. The Morgan fingerprint density at radius 1 is 1.30 bits per heavy atom. The summed E-state index contributed by atoms with van der Waals surface area (Å²) in [5.41, 5.74) is 12.7. The molecule has 30 heavy (non-hydrogen) atoms. The predicted octanol–water partition coefficient (Wildman–Crippen LogP) is -1.56. The molecule has 1 aliphatic rings. The molecule has 2 aromatic rings. The van der Waals surface area contributed by atoms with Gasteiger partial charge in [-0.05, 0) is 0 Å². The molecule has 3 rings (SSSR count). The number of anilines is 1. The second-order valence-corrected chi connectivity index (χ2v) is 8.63. The van der Waals surface area contributed by atoms with Crippen molar-refractivity contribution in [3.05, 3.63) is 6.33 Å². The molecule has 20 heteroatoms. The summed E-state index contributed by atoms with van der Waals surface area (Å²) >= 11 is 0. The lowest BCUT2D eigenvalue weighted by molar-refractivity contribution is -0.0495. The fraction of sp³-hybridized carbons (Fsp3) is 0.500. The maximum Gasteiger partial charge on any atom is 0.481 e. The second-order valence-electron chi connectivity index (χ2n) is 5.80. The van der Waals surface area contributed by atoms with Crippen molar-refractivity contribution in [2.45, 2.75) is 24.5 Å². The SMILES string of the molecule is N=[N+]=Nc1nc2c(N)ncnc2n1C1OC(COP(=O)(O)OP(=O)(O)O)C(O)C1O. The van der Waals surface area contributed by atoms with Crippen LogP contribution in [0, 0.1) is 5.53 Å². The lowest BCUT2D eigenvalue weighted by Gasteiger charge is -2.17. The van der Waals surface area contributed by atoms with Gasteiger partial charge in [0.05, 0.1) is 6.61 Å². The summed E-state index contributed by atoms with van der Waals surface area (Å²) in [6.45, 7) is -0.901. The highest BCUT2D eigenvalue weighted by Crippen LogP contribution is 2.57. The van der Waals surface area contributed by atoms with Gasteiger partial charge in [-0.25, -0.2) is 19.1 Å². The van der Waals surface area contributed by atoms with Crippen molar-refractivity contribution < 1.29 is 47.6 Å². The van der Waals surface area contributed by atoms with Crippen LogP contribution in [0.2, 0.25) is 0 Å². The zero-order valence-corrected chi connectivity index (χ0v) is 16.3. The van der Waals surface area contributed by atoms with Crippen LogP contribution in [0.1, 0.15) is 6.23 Å². The van der Waals surface area contributed by atoms with E-state index in [1.165, 1.54) is 0 Å². The Balaban J connectivity index is 1.88. The molecule has 5 atom stereocenters. The lowest BCUT2D eigenvalue weighted by atomic mass is 10.1. The van der Waals surface area contributed by atoms with Crippen molar-refractivity contribution in [2.75, 3.05) is 12.3 Å². The average molecular weight is 469 g/mol. The van der Waals surface area contributed by atoms with Crippen molar-refractivity contribution in [1.82, 2.24) is 24.4 Å². The molecule has 1 aliphatic heterocycles. The van der Waals surface area contributed by atoms with Gasteiger partial charge in [0.2, 0.25) is 4.91 Å². The quantitative estimate of drug-likeness (QED) is 0.137. The van der Waals surface area contributed by atoms with Crippen LogP contribution in [0.4, 0.5) is 11.8 Å². The number of phosphoric ester groups is 1. The van der Waals surface area contributed by atoms with Gasteiger partial charge in [0.25, 0.3) is 0 Å². The van der Waals surface area contributed by atoms with E-state index in [-0.39, 0.29) is 22.9 Å². The highest BCUT2D eigenvalue weighted by atomic mass is 31.3. The minimum Gasteiger partial charge on any atom is -0.387 e. The number of aliphatic hydroxyl groups excluding tert-OH is 2. The lowest BCUT2D eigenvalue weighted by Crippen LogP contribution is -2.33. The summed E-state index contributed by atoms with van der Waals surface area (Å²) < 4.78 is 36.8. The first-order valence-corrected chi connectivity index (χ1v) is 10.8. The van der Waals surface area contributed by atoms with E-state index in [2.05, 4.69) is 33.8 Å². The zero-order chi connectivity index (χ0) is 22.3. The Morgan fingerprint density at radius 3 is 2.63 bits per heavy atom. The molecule has 164 valence electrons. The van der Waals surface area contributed by atoms with Crippen molar-refractivity contribution in [2.24, 2.45) is 5.11 Å². The summed E-state index contributed by atoms with van der Waals surface area (Å²) in [5.74, 6) is -0.327. The molecule has 0 spiro atoms. The third-order valence-corrected chi connectivity index (χ3v) is 5.98. The normalized spacial score (nSPS) is 26.4. The van der Waals surface area contributed by atoms with Crippen LogP contribution in [0.15, 0.2) is 11.4 Å². The molecule has 0 amide bonds. The summed E-state index contributed by atoms with van der Waals surface area (Å²) in [7, 11) is -10.6. The molecular formula is C10H15N8O10P2+. The van der Waals surface area contributed by atoms with Crippen LogP contribution < -0.4 is 10.6 Å². The number of nitrogen functional groups attached to an aromatic ring is 1. The van der Waals surface area contributed by atoms with Gasteiger partial charge < -0.3 is 35.4 Å². The first kappa shape index (κ1) is 22.5. The van der Waals surface area contributed by atoms with Gasteiger partial charge >= 0.3 is 21.6 Å². The fourth-order valence-corrected chi connectivity index (χ4v) is 4.27. The van der Waals surface area contributed by atoms with Gasteiger partial charge in [-0.15, -0.1) is 0 Å². The number of aromatic nitrogens is 4. The topological polar surface area (TPSA) is 283 Å². The molecule has 18 nitrogen and oxygen atoms in total. The second kappa shape index (κ2) is 8.14. The number of nitrogens with one attached hydrogen (secondary N) is 1. The molecule has 2 aromatic heterocycles. The van der Waals surface area contributed by atoms with Crippen LogP contribution in [-0.4, -0.2) is 69.3 Å². The van der Waals surface area contributed by atoms with E-state index in [0.29, 0.717) is 0 Å². The zero-order valence-electron chi connectivity index (χ0n) is 14.5. The first-order chi connectivity index (χ1) is 13.9. The third-order valence-electron chi connectivity index (χ3n) is 3.83. The Labute approximate surface area is 165 Å². The van der Waals surface area contributed by atoms with Crippen LogP contribution in [0.3, 0.4) is 0 Å². The number of nitrogens with two attached hydrogens (primary N) is 1. The Hall–Kier alpha value is -2.20. The molecule has 0 saturated carbocycles. The van der Waals surface area contributed by atoms with Crippen LogP contribution in [0.5, 0.6) is 0 Å². The van der Waals surface area contributed by atoms with Crippen LogP contribution >= 0.6 is 15.6 Å². The van der Waals surface area contributed by atoms with Crippen molar-refractivity contribution in [3.63, 3.8) is 0 Å². The maximum atomic E-state index is 11.6. The summed E-state index contributed by atoms with van der Waals surface area (Å²) in [6, 6.07) is 0. The van der Waals surface area contributed by atoms with Gasteiger partial charge in [-0.2, -0.15) is 9.29 Å². The van der Waals surface area contributed by atoms with Gasteiger partial charge in [0, 0.05) is 0 Å². The van der Waals surface area contributed by atoms with Gasteiger partial charge in [-0.3, -0.25) is 9.09 Å². The van der Waals surface area contributed by atoms with Crippen molar-refractivity contribution in [1.29, 1.82) is 5.53 Å². The van der Waals surface area contributed by atoms with Crippen molar-refractivity contribution >= 4 is 38.6 Å². The van der Waals surface area contributed by atoms with Crippen molar-refractivity contribution in [3.8, 4) is 0 Å². The standard InChI is InChI=1S/C10H14N8O10P2/c11-7-4-8(14-2-13-7)18(10(15-4)16-17-12)9-6(20)5(19)3(27-9)1-26-30(24,25)28-29(21,22)23/h2-3,5-6,9,11-12,19-20H,1H2,(H3,21,22,23,24,25)/p+1. The van der Waals surface area contributed by atoms with E-state index in [9.17, 15) is 24.2 Å². The van der Waals surface area contributed by atoms with E-state index in [4.69, 9.17) is 25.8 Å².